The Hall–Kier alpha value is -4.04. The molecule has 0 radical (unpaired) electrons. The number of hydrogen-bond acceptors (Lipinski definition) is 5. The van der Waals surface area contributed by atoms with Gasteiger partial charge in [-0.05, 0) is 60.5 Å². The number of allylic oxidation sites excluding steroid dienone is 1. The van der Waals surface area contributed by atoms with Crippen LogP contribution in [0.5, 0.6) is 17.2 Å². The van der Waals surface area contributed by atoms with Gasteiger partial charge in [0.05, 0.1) is 18.2 Å². The molecule has 5 heteroatoms. The number of carbonyl (C=O) groups excluding carboxylic acids is 1. The third-order valence-electron chi connectivity index (χ3n) is 4.12. The minimum Gasteiger partial charge on any atom is -0.494 e. The van der Waals surface area contributed by atoms with Crippen molar-refractivity contribution in [3.63, 3.8) is 0 Å². The van der Waals surface area contributed by atoms with Crippen LogP contribution in [0.3, 0.4) is 0 Å². The fraction of sp³-hybridized carbons (Fsp3) is 0.120. The van der Waals surface area contributed by atoms with Crippen LogP contribution in [0.2, 0.25) is 0 Å². The normalized spacial score (nSPS) is 10.7. The Morgan fingerprint density at radius 1 is 0.867 bits per heavy atom. The highest BCUT2D eigenvalue weighted by Crippen LogP contribution is 2.20. The average Bonchev–Trinajstić information content (AvgIpc) is 2.79. The number of benzene rings is 3. The third-order valence-corrected chi connectivity index (χ3v) is 4.12. The topological polar surface area (TPSA) is 68.6 Å². The Kier molecular flexibility index (Phi) is 7.23. The molecular formula is C25H21NO4. The van der Waals surface area contributed by atoms with Crippen molar-refractivity contribution in [1.29, 1.82) is 5.26 Å². The molecule has 0 saturated heterocycles. The molecule has 0 bridgehead atoms. The SMILES string of the molecule is CCOc1ccc(OCC(=O)Oc2ccc(/C=C(/C#N)c3ccccc3)cc2)cc1. The van der Waals surface area contributed by atoms with E-state index in [-0.39, 0.29) is 6.61 Å². The molecule has 0 aromatic heterocycles. The van der Waals surface area contributed by atoms with Gasteiger partial charge in [0.2, 0.25) is 0 Å². The van der Waals surface area contributed by atoms with E-state index >= 15 is 0 Å². The summed E-state index contributed by atoms with van der Waals surface area (Å²) < 4.78 is 16.1. The lowest BCUT2D eigenvalue weighted by Gasteiger charge is -2.08. The summed E-state index contributed by atoms with van der Waals surface area (Å²) in [6.07, 6.45) is 1.79. The first-order valence-electron chi connectivity index (χ1n) is 9.51. The average molecular weight is 399 g/mol. The van der Waals surface area contributed by atoms with E-state index in [4.69, 9.17) is 14.2 Å². The van der Waals surface area contributed by atoms with Crippen molar-refractivity contribution >= 4 is 17.6 Å². The minimum absolute atomic E-state index is 0.206. The molecule has 0 atom stereocenters. The van der Waals surface area contributed by atoms with E-state index in [1.165, 1.54) is 0 Å². The molecular weight excluding hydrogens is 378 g/mol. The van der Waals surface area contributed by atoms with Crippen LogP contribution in [0.1, 0.15) is 18.1 Å². The van der Waals surface area contributed by atoms with E-state index in [0.29, 0.717) is 23.7 Å². The van der Waals surface area contributed by atoms with Crippen molar-refractivity contribution in [3.05, 3.63) is 90.0 Å². The van der Waals surface area contributed by atoms with Gasteiger partial charge >= 0.3 is 5.97 Å². The predicted octanol–water partition coefficient (Wildman–Crippen LogP) is 5.13. The second-order valence-electron chi connectivity index (χ2n) is 6.27. The molecule has 0 aliphatic carbocycles. The Morgan fingerprint density at radius 3 is 2.07 bits per heavy atom. The zero-order valence-electron chi connectivity index (χ0n) is 16.6. The quantitative estimate of drug-likeness (QED) is 0.227. The number of hydrogen-bond donors (Lipinski definition) is 0. The first-order valence-corrected chi connectivity index (χ1v) is 9.51. The van der Waals surface area contributed by atoms with Gasteiger partial charge in [-0.3, -0.25) is 0 Å². The second kappa shape index (κ2) is 10.5. The van der Waals surface area contributed by atoms with Crippen LogP contribution in [-0.4, -0.2) is 19.2 Å². The second-order valence-corrected chi connectivity index (χ2v) is 6.27. The van der Waals surface area contributed by atoms with Gasteiger partial charge in [0.15, 0.2) is 6.61 Å². The molecule has 3 aromatic rings. The minimum atomic E-state index is -0.505. The highest BCUT2D eigenvalue weighted by molar-refractivity contribution is 5.89. The Balaban J connectivity index is 1.55. The lowest BCUT2D eigenvalue weighted by atomic mass is 10.0. The molecule has 0 amide bonds. The first kappa shape index (κ1) is 20.7. The molecule has 0 unspecified atom stereocenters. The van der Waals surface area contributed by atoms with Crippen molar-refractivity contribution in [2.24, 2.45) is 0 Å². The van der Waals surface area contributed by atoms with E-state index in [1.54, 1.807) is 54.6 Å². The molecule has 3 aromatic carbocycles. The third kappa shape index (κ3) is 5.98. The van der Waals surface area contributed by atoms with E-state index in [2.05, 4.69) is 6.07 Å². The molecule has 5 nitrogen and oxygen atoms in total. The number of rotatable bonds is 8. The summed E-state index contributed by atoms with van der Waals surface area (Å²) in [5, 5.41) is 9.40. The highest BCUT2D eigenvalue weighted by atomic mass is 16.6. The van der Waals surface area contributed by atoms with E-state index < -0.39 is 5.97 Å². The first-order chi connectivity index (χ1) is 14.7. The highest BCUT2D eigenvalue weighted by Gasteiger charge is 2.07. The lowest BCUT2D eigenvalue weighted by molar-refractivity contribution is -0.136. The van der Waals surface area contributed by atoms with Crippen molar-refractivity contribution in [2.75, 3.05) is 13.2 Å². The summed E-state index contributed by atoms with van der Waals surface area (Å²) in [5.41, 5.74) is 2.24. The van der Waals surface area contributed by atoms with Gasteiger partial charge < -0.3 is 14.2 Å². The number of carbonyl (C=O) groups is 1. The van der Waals surface area contributed by atoms with Gasteiger partial charge in [-0.15, -0.1) is 0 Å². The van der Waals surface area contributed by atoms with Crippen LogP contribution in [0.15, 0.2) is 78.9 Å². The van der Waals surface area contributed by atoms with Crippen molar-refractivity contribution in [1.82, 2.24) is 0 Å². The molecule has 0 saturated carbocycles. The summed E-state index contributed by atoms with van der Waals surface area (Å²) in [4.78, 5) is 12.0. The molecule has 150 valence electrons. The predicted molar refractivity (Wildman–Crippen MR) is 115 cm³/mol. The zero-order valence-corrected chi connectivity index (χ0v) is 16.6. The van der Waals surface area contributed by atoms with E-state index in [1.807, 2.05) is 37.3 Å². The van der Waals surface area contributed by atoms with Crippen molar-refractivity contribution in [3.8, 4) is 23.3 Å². The summed E-state index contributed by atoms with van der Waals surface area (Å²) in [5.74, 6) is 1.20. The van der Waals surface area contributed by atoms with Crippen LogP contribution in [0, 0.1) is 11.3 Å². The molecule has 3 rings (SSSR count). The smallest absolute Gasteiger partial charge is 0.349 e. The lowest BCUT2D eigenvalue weighted by Crippen LogP contribution is -2.17. The maximum Gasteiger partial charge on any atom is 0.349 e. The van der Waals surface area contributed by atoms with Gasteiger partial charge in [0.25, 0.3) is 0 Å². The summed E-state index contributed by atoms with van der Waals surface area (Å²) >= 11 is 0. The number of nitrogens with zero attached hydrogens (tertiary/aromatic N) is 1. The zero-order chi connectivity index (χ0) is 21.2. The fourth-order valence-corrected chi connectivity index (χ4v) is 2.70. The van der Waals surface area contributed by atoms with Crippen LogP contribution in [0.4, 0.5) is 0 Å². The summed E-state index contributed by atoms with van der Waals surface area (Å²) in [6.45, 7) is 2.29. The van der Waals surface area contributed by atoms with Gasteiger partial charge in [0.1, 0.15) is 17.2 Å². The number of nitriles is 1. The molecule has 0 spiro atoms. The van der Waals surface area contributed by atoms with Crippen molar-refractivity contribution in [2.45, 2.75) is 6.92 Å². The number of esters is 1. The fourth-order valence-electron chi connectivity index (χ4n) is 2.70. The largest absolute Gasteiger partial charge is 0.494 e. The van der Waals surface area contributed by atoms with Crippen LogP contribution >= 0.6 is 0 Å². The summed E-state index contributed by atoms with van der Waals surface area (Å²) in [6, 6.07) is 25.6. The van der Waals surface area contributed by atoms with Gasteiger partial charge in [0, 0.05) is 0 Å². The Bertz CT molecular complexity index is 1030. The molecule has 0 heterocycles. The molecule has 0 fully saturated rings. The maximum atomic E-state index is 12.0. The van der Waals surface area contributed by atoms with Crippen LogP contribution in [0.25, 0.3) is 11.6 Å². The Morgan fingerprint density at radius 2 is 1.47 bits per heavy atom. The Labute approximate surface area is 175 Å². The molecule has 0 aliphatic rings. The van der Waals surface area contributed by atoms with Crippen LogP contribution in [-0.2, 0) is 4.79 Å². The van der Waals surface area contributed by atoms with Gasteiger partial charge in [-0.1, -0.05) is 42.5 Å². The van der Waals surface area contributed by atoms with E-state index in [0.717, 1.165) is 16.9 Å². The number of ether oxygens (including phenoxy) is 3. The molecule has 0 aliphatic heterocycles. The van der Waals surface area contributed by atoms with Gasteiger partial charge in [-0.25, -0.2) is 4.79 Å². The monoisotopic (exact) mass is 399 g/mol. The summed E-state index contributed by atoms with van der Waals surface area (Å²) in [7, 11) is 0. The van der Waals surface area contributed by atoms with Gasteiger partial charge in [-0.2, -0.15) is 5.26 Å². The van der Waals surface area contributed by atoms with Crippen LogP contribution < -0.4 is 14.2 Å². The standard InChI is InChI=1S/C25H21NO4/c1-2-28-22-12-14-23(15-13-22)29-18-25(27)30-24-10-8-19(9-11-24)16-21(17-26)20-6-4-3-5-7-20/h3-16H,2,18H2,1H3/b21-16-. The molecule has 30 heavy (non-hydrogen) atoms. The van der Waals surface area contributed by atoms with E-state index in [9.17, 15) is 10.1 Å². The molecule has 0 N–H and O–H groups in total. The maximum absolute atomic E-state index is 12.0. The van der Waals surface area contributed by atoms with Crippen molar-refractivity contribution < 1.29 is 19.0 Å².